The number of benzene rings is 1. The third-order valence-electron chi connectivity index (χ3n) is 3.57. The Balaban J connectivity index is 2.13. The number of aromatic nitrogens is 2. The molecule has 1 aromatic heterocycles. The average Bonchev–Trinajstić information content (AvgIpc) is 2.59. The van der Waals surface area contributed by atoms with Crippen LogP contribution in [0.2, 0.25) is 0 Å². The molecule has 1 aromatic carbocycles. The summed E-state index contributed by atoms with van der Waals surface area (Å²) in [6.07, 6.45) is 3.26. The molecule has 0 saturated carbocycles. The highest BCUT2D eigenvalue weighted by Gasteiger charge is 2.28. The van der Waals surface area contributed by atoms with E-state index in [4.69, 9.17) is 14.6 Å². The lowest BCUT2D eigenvalue weighted by Gasteiger charge is -2.18. The molecule has 128 valence electrons. The van der Waals surface area contributed by atoms with Gasteiger partial charge in [0.1, 0.15) is 12.4 Å². The summed E-state index contributed by atoms with van der Waals surface area (Å²) in [6, 6.07) is 5.88. The highest BCUT2D eigenvalue weighted by atomic mass is 16.5. The van der Waals surface area contributed by atoms with Crippen molar-refractivity contribution in [3.05, 3.63) is 30.6 Å². The van der Waals surface area contributed by atoms with Crippen LogP contribution in [-0.4, -0.2) is 41.8 Å². The SMILES string of the molecule is CNc1ccc(-c2cnc(OCC(C)(C)C(=O)O)nc2)cc1OC. The highest BCUT2D eigenvalue weighted by molar-refractivity contribution is 5.73. The number of hydrogen-bond acceptors (Lipinski definition) is 6. The van der Waals surface area contributed by atoms with Crippen LogP contribution in [0, 0.1) is 5.41 Å². The summed E-state index contributed by atoms with van der Waals surface area (Å²) in [5.41, 5.74) is 1.60. The third-order valence-corrected chi connectivity index (χ3v) is 3.57. The molecule has 2 rings (SSSR count). The molecular weight excluding hydrogens is 310 g/mol. The summed E-state index contributed by atoms with van der Waals surface area (Å²) in [5, 5.41) is 12.1. The van der Waals surface area contributed by atoms with Crippen LogP contribution in [0.4, 0.5) is 5.69 Å². The van der Waals surface area contributed by atoms with Crippen molar-refractivity contribution in [3.63, 3.8) is 0 Å². The summed E-state index contributed by atoms with van der Waals surface area (Å²) in [5.74, 6) is -0.214. The molecule has 0 bridgehead atoms. The predicted octanol–water partition coefficient (Wildman–Crippen LogP) is 2.68. The molecule has 0 amide bonds. The van der Waals surface area contributed by atoms with Crippen LogP contribution in [0.3, 0.4) is 0 Å². The molecule has 0 fully saturated rings. The summed E-state index contributed by atoms with van der Waals surface area (Å²) < 4.78 is 10.7. The van der Waals surface area contributed by atoms with E-state index in [1.165, 1.54) is 0 Å². The molecule has 0 radical (unpaired) electrons. The van der Waals surface area contributed by atoms with Gasteiger partial charge in [-0.05, 0) is 31.5 Å². The van der Waals surface area contributed by atoms with E-state index >= 15 is 0 Å². The first-order valence-corrected chi connectivity index (χ1v) is 7.42. The minimum absolute atomic E-state index is 0.00757. The van der Waals surface area contributed by atoms with Gasteiger partial charge >= 0.3 is 12.0 Å². The molecule has 2 aromatic rings. The molecule has 7 nitrogen and oxygen atoms in total. The lowest BCUT2D eigenvalue weighted by atomic mass is 9.95. The molecule has 7 heteroatoms. The first kappa shape index (κ1) is 17.5. The number of carbonyl (C=O) groups is 1. The number of carboxylic acids is 1. The first-order valence-electron chi connectivity index (χ1n) is 7.42. The second kappa shape index (κ2) is 7.16. The van der Waals surface area contributed by atoms with Crippen LogP contribution in [-0.2, 0) is 4.79 Å². The summed E-state index contributed by atoms with van der Waals surface area (Å²) >= 11 is 0. The normalized spacial score (nSPS) is 11.0. The number of methoxy groups -OCH3 is 1. The van der Waals surface area contributed by atoms with Crippen LogP contribution in [0.25, 0.3) is 11.1 Å². The van der Waals surface area contributed by atoms with Gasteiger partial charge < -0.3 is 19.9 Å². The number of ether oxygens (including phenoxy) is 2. The Kier molecular flexibility index (Phi) is 5.23. The largest absolute Gasteiger partial charge is 0.495 e. The molecule has 0 aliphatic heterocycles. The van der Waals surface area contributed by atoms with Crippen molar-refractivity contribution < 1.29 is 19.4 Å². The summed E-state index contributed by atoms with van der Waals surface area (Å²) in [6.45, 7) is 3.16. The van der Waals surface area contributed by atoms with Crippen molar-refractivity contribution in [2.24, 2.45) is 5.41 Å². The summed E-state index contributed by atoms with van der Waals surface area (Å²) in [7, 11) is 3.43. The number of aliphatic carboxylic acids is 1. The molecular formula is C17H21N3O4. The van der Waals surface area contributed by atoms with Gasteiger partial charge in [0.25, 0.3) is 0 Å². The maximum absolute atomic E-state index is 11.1. The minimum Gasteiger partial charge on any atom is -0.495 e. The predicted molar refractivity (Wildman–Crippen MR) is 90.5 cm³/mol. The molecule has 2 N–H and O–H groups in total. The van der Waals surface area contributed by atoms with Crippen molar-refractivity contribution in [1.82, 2.24) is 9.97 Å². The topological polar surface area (TPSA) is 93.6 Å². The summed E-state index contributed by atoms with van der Waals surface area (Å²) in [4.78, 5) is 19.3. The van der Waals surface area contributed by atoms with Gasteiger partial charge in [-0.2, -0.15) is 0 Å². The van der Waals surface area contributed by atoms with Gasteiger partial charge in [0.15, 0.2) is 0 Å². The molecule has 0 unspecified atom stereocenters. The first-order chi connectivity index (χ1) is 11.4. The van der Waals surface area contributed by atoms with Gasteiger partial charge in [-0.3, -0.25) is 4.79 Å². The lowest BCUT2D eigenvalue weighted by Crippen LogP contribution is -2.31. The second-order valence-electron chi connectivity index (χ2n) is 5.90. The zero-order valence-electron chi connectivity index (χ0n) is 14.2. The average molecular weight is 331 g/mol. The maximum Gasteiger partial charge on any atom is 0.316 e. The van der Waals surface area contributed by atoms with E-state index in [0.29, 0.717) is 0 Å². The van der Waals surface area contributed by atoms with E-state index in [0.717, 1.165) is 22.6 Å². The quantitative estimate of drug-likeness (QED) is 0.805. The van der Waals surface area contributed by atoms with E-state index in [9.17, 15) is 4.79 Å². The number of carboxylic acid groups (broad SMARTS) is 1. The van der Waals surface area contributed by atoms with Crippen molar-refractivity contribution >= 4 is 11.7 Å². The molecule has 0 spiro atoms. The second-order valence-corrected chi connectivity index (χ2v) is 5.90. The zero-order valence-corrected chi connectivity index (χ0v) is 14.2. The Bertz CT molecular complexity index is 714. The van der Waals surface area contributed by atoms with Gasteiger partial charge in [-0.15, -0.1) is 0 Å². The number of nitrogens with one attached hydrogen (secondary N) is 1. The standard InChI is InChI=1S/C17H21N3O4/c1-17(2,15(21)22)10-24-16-19-8-12(9-20-16)11-5-6-13(18-3)14(7-11)23-4/h5-9,18H,10H2,1-4H3,(H,21,22). The monoisotopic (exact) mass is 331 g/mol. The van der Waals surface area contributed by atoms with Crippen molar-refractivity contribution in [3.8, 4) is 22.9 Å². The molecule has 24 heavy (non-hydrogen) atoms. The number of nitrogens with zero attached hydrogens (tertiary/aromatic N) is 2. The van der Waals surface area contributed by atoms with E-state index in [1.54, 1.807) is 33.4 Å². The van der Waals surface area contributed by atoms with Crippen LogP contribution in [0.5, 0.6) is 11.8 Å². The minimum atomic E-state index is -1.00. The van der Waals surface area contributed by atoms with Crippen LogP contribution in [0.15, 0.2) is 30.6 Å². The smallest absolute Gasteiger partial charge is 0.316 e. The highest BCUT2D eigenvalue weighted by Crippen LogP contribution is 2.30. The molecule has 0 atom stereocenters. The Morgan fingerprint density at radius 3 is 2.46 bits per heavy atom. The molecule has 1 heterocycles. The molecule has 0 aliphatic carbocycles. The third kappa shape index (κ3) is 3.92. The Labute approximate surface area is 140 Å². The molecule has 0 aliphatic rings. The van der Waals surface area contributed by atoms with E-state index < -0.39 is 11.4 Å². The Morgan fingerprint density at radius 2 is 1.92 bits per heavy atom. The van der Waals surface area contributed by atoms with Crippen molar-refractivity contribution in [1.29, 1.82) is 0 Å². The number of rotatable bonds is 7. The fourth-order valence-corrected chi connectivity index (χ4v) is 1.92. The van der Waals surface area contributed by atoms with Crippen LogP contribution < -0.4 is 14.8 Å². The van der Waals surface area contributed by atoms with Crippen LogP contribution >= 0.6 is 0 Å². The van der Waals surface area contributed by atoms with Gasteiger partial charge in [-0.25, -0.2) is 9.97 Å². The molecule has 0 saturated heterocycles. The van der Waals surface area contributed by atoms with E-state index in [-0.39, 0.29) is 12.6 Å². The fraction of sp³-hybridized carbons (Fsp3) is 0.353. The Hall–Kier alpha value is -2.83. The maximum atomic E-state index is 11.1. The van der Waals surface area contributed by atoms with Gasteiger partial charge in [0.2, 0.25) is 0 Å². The van der Waals surface area contributed by atoms with Gasteiger partial charge in [0, 0.05) is 25.0 Å². The van der Waals surface area contributed by atoms with Gasteiger partial charge in [0.05, 0.1) is 18.2 Å². The lowest BCUT2D eigenvalue weighted by molar-refractivity contribution is -0.148. The van der Waals surface area contributed by atoms with E-state index in [2.05, 4.69) is 15.3 Å². The number of anilines is 1. The van der Waals surface area contributed by atoms with Gasteiger partial charge in [-0.1, -0.05) is 6.07 Å². The Morgan fingerprint density at radius 1 is 1.25 bits per heavy atom. The van der Waals surface area contributed by atoms with E-state index in [1.807, 2.05) is 25.2 Å². The van der Waals surface area contributed by atoms with Crippen molar-refractivity contribution in [2.75, 3.05) is 26.1 Å². The fourth-order valence-electron chi connectivity index (χ4n) is 1.92. The number of hydrogen-bond donors (Lipinski definition) is 2. The van der Waals surface area contributed by atoms with Crippen LogP contribution in [0.1, 0.15) is 13.8 Å². The van der Waals surface area contributed by atoms with Crippen molar-refractivity contribution in [2.45, 2.75) is 13.8 Å². The zero-order chi connectivity index (χ0) is 17.7.